The van der Waals surface area contributed by atoms with Crippen molar-refractivity contribution < 1.29 is 9.59 Å². The van der Waals surface area contributed by atoms with Crippen molar-refractivity contribution in [2.75, 3.05) is 11.9 Å². The van der Waals surface area contributed by atoms with Gasteiger partial charge in [-0.05, 0) is 31.4 Å². The SMILES string of the molecule is Cc1ccc(NC(=O)CC(=O)NCCC(C)C)cc1. The number of hydrogen-bond donors (Lipinski definition) is 2. The second-order valence-corrected chi connectivity index (χ2v) is 5.12. The predicted molar refractivity (Wildman–Crippen MR) is 76.9 cm³/mol. The highest BCUT2D eigenvalue weighted by molar-refractivity contribution is 6.03. The van der Waals surface area contributed by atoms with Crippen LogP contribution in [0.2, 0.25) is 0 Å². The Morgan fingerprint density at radius 1 is 1.11 bits per heavy atom. The van der Waals surface area contributed by atoms with Crippen LogP contribution in [-0.2, 0) is 9.59 Å². The summed E-state index contributed by atoms with van der Waals surface area (Å²) in [7, 11) is 0. The van der Waals surface area contributed by atoms with Crippen molar-refractivity contribution >= 4 is 17.5 Å². The smallest absolute Gasteiger partial charge is 0.233 e. The molecule has 0 aliphatic rings. The lowest BCUT2D eigenvalue weighted by Gasteiger charge is -2.08. The van der Waals surface area contributed by atoms with Crippen molar-refractivity contribution in [3.8, 4) is 0 Å². The molecular formula is C15H22N2O2. The van der Waals surface area contributed by atoms with Gasteiger partial charge in [-0.3, -0.25) is 9.59 Å². The molecule has 0 heterocycles. The van der Waals surface area contributed by atoms with Crippen molar-refractivity contribution in [3.05, 3.63) is 29.8 Å². The summed E-state index contributed by atoms with van der Waals surface area (Å²) in [5, 5.41) is 5.44. The number of aryl methyl sites for hydroxylation is 1. The first-order chi connectivity index (χ1) is 8.97. The molecule has 1 aromatic carbocycles. The molecule has 2 N–H and O–H groups in total. The first kappa shape index (κ1) is 15.2. The fraction of sp³-hybridized carbons (Fsp3) is 0.467. The van der Waals surface area contributed by atoms with E-state index >= 15 is 0 Å². The monoisotopic (exact) mass is 262 g/mol. The Morgan fingerprint density at radius 2 is 1.74 bits per heavy atom. The maximum absolute atomic E-state index is 11.6. The summed E-state index contributed by atoms with van der Waals surface area (Å²) in [4.78, 5) is 23.1. The van der Waals surface area contributed by atoms with Crippen LogP contribution in [0, 0.1) is 12.8 Å². The van der Waals surface area contributed by atoms with Crippen molar-refractivity contribution in [1.29, 1.82) is 0 Å². The molecule has 0 fully saturated rings. The van der Waals surface area contributed by atoms with E-state index in [-0.39, 0.29) is 18.2 Å². The number of carbonyl (C=O) groups excluding carboxylic acids is 2. The van der Waals surface area contributed by atoms with Gasteiger partial charge < -0.3 is 10.6 Å². The van der Waals surface area contributed by atoms with E-state index in [1.807, 2.05) is 31.2 Å². The van der Waals surface area contributed by atoms with Gasteiger partial charge in [0.15, 0.2) is 0 Å². The van der Waals surface area contributed by atoms with E-state index in [0.29, 0.717) is 18.2 Å². The molecular weight excluding hydrogens is 240 g/mol. The van der Waals surface area contributed by atoms with Gasteiger partial charge >= 0.3 is 0 Å². The Hall–Kier alpha value is -1.84. The molecule has 0 aromatic heterocycles. The van der Waals surface area contributed by atoms with E-state index in [1.165, 1.54) is 0 Å². The molecule has 2 amide bonds. The second-order valence-electron chi connectivity index (χ2n) is 5.12. The van der Waals surface area contributed by atoms with Crippen LogP contribution in [0.4, 0.5) is 5.69 Å². The van der Waals surface area contributed by atoms with Crippen molar-refractivity contribution in [3.63, 3.8) is 0 Å². The molecule has 4 nitrogen and oxygen atoms in total. The molecule has 0 atom stereocenters. The van der Waals surface area contributed by atoms with Gasteiger partial charge in [0.05, 0.1) is 0 Å². The lowest BCUT2D eigenvalue weighted by atomic mass is 10.1. The maximum Gasteiger partial charge on any atom is 0.233 e. The number of hydrogen-bond acceptors (Lipinski definition) is 2. The highest BCUT2D eigenvalue weighted by Crippen LogP contribution is 2.08. The number of rotatable bonds is 6. The zero-order chi connectivity index (χ0) is 14.3. The number of anilines is 1. The van der Waals surface area contributed by atoms with Gasteiger partial charge in [0.1, 0.15) is 6.42 Å². The van der Waals surface area contributed by atoms with Crippen LogP contribution in [0.25, 0.3) is 0 Å². The van der Waals surface area contributed by atoms with Crippen LogP contribution in [0.3, 0.4) is 0 Å². The molecule has 0 saturated carbocycles. The van der Waals surface area contributed by atoms with E-state index in [9.17, 15) is 9.59 Å². The van der Waals surface area contributed by atoms with Gasteiger partial charge in [-0.1, -0.05) is 31.5 Å². The summed E-state index contributed by atoms with van der Waals surface area (Å²) in [6.07, 6.45) is 0.789. The molecule has 104 valence electrons. The first-order valence-electron chi connectivity index (χ1n) is 6.60. The molecule has 1 aromatic rings. The highest BCUT2D eigenvalue weighted by Gasteiger charge is 2.09. The summed E-state index contributed by atoms with van der Waals surface area (Å²) in [6.45, 7) is 6.79. The third-order valence-electron chi connectivity index (χ3n) is 2.70. The Morgan fingerprint density at radius 3 is 2.32 bits per heavy atom. The maximum atomic E-state index is 11.6. The molecule has 0 spiro atoms. The number of benzene rings is 1. The van der Waals surface area contributed by atoms with Gasteiger partial charge in [-0.15, -0.1) is 0 Å². The number of amides is 2. The molecule has 1 rings (SSSR count). The molecule has 0 unspecified atom stereocenters. The van der Waals surface area contributed by atoms with Crippen molar-refractivity contribution in [1.82, 2.24) is 5.32 Å². The first-order valence-corrected chi connectivity index (χ1v) is 6.60. The average molecular weight is 262 g/mol. The highest BCUT2D eigenvalue weighted by atomic mass is 16.2. The van der Waals surface area contributed by atoms with Gasteiger partial charge in [0, 0.05) is 12.2 Å². The average Bonchev–Trinajstić information content (AvgIpc) is 2.31. The zero-order valence-corrected chi connectivity index (χ0v) is 11.8. The molecule has 0 radical (unpaired) electrons. The molecule has 19 heavy (non-hydrogen) atoms. The number of carbonyl (C=O) groups is 2. The molecule has 0 aliphatic carbocycles. The predicted octanol–water partition coefficient (Wildman–Crippen LogP) is 2.49. The van der Waals surface area contributed by atoms with Crippen molar-refractivity contribution in [2.24, 2.45) is 5.92 Å². The minimum atomic E-state index is -0.286. The van der Waals surface area contributed by atoms with Gasteiger partial charge in [0.2, 0.25) is 11.8 Å². The summed E-state index contributed by atoms with van der Waals surface area (Å²) in [5.74, 6) is 0.0258. The van der Waals surface area contributed by atoms with Crippen LogP contribution < -0.4 is 10.6 Å². The molecule has 0 aliphatic heterocycles. The largest absolute Gasteiger partial charge is 0.356 e. The van der Waals surface area contributed by atoms with Gasteiger partial charge in [-0.25, -0.2) is 0 Å². The standard InChI is InChI=1S/C15H22N2O2/c1-11(2)8-9-16-14(18)10-15(19)17-13-6-4-12(3)5-7-13/h4-7,11H,8-10H2,1-3H3,(H,16,18)(H,17,19). The van der Waals surface area contributed by atoms with Crippen LogP contribution in [0.15, 0.2) is 24.3 Å². The van der Waals surface area contributed by atoms with E-state index < -0.39 is 0 Å². The van der Waals surface area contributed by atoms with Gasteiger partial charge in [-0.2, -0.15) is 0 Å². The quantitative estimate of drug-likeness (QED) is 0.774. The lowest BCUT2D eigenvalue weighted by molar-refractivity contribution is -0.126. The Kier molecular flexibility index (Phi) is 6.06. The third-order valence-corrected chi connectivity index (χ3v) is 2.70. The third kappa shape index (κ3) is 6.60. The fourth-order valence-corrected chi connectivity index (χ4v) is 1.55. The molecule has 4 heteroatoms. The van der Waals surface area contributed by atoms with Crippen LogP contribution in [0.1, 0.15) is 32.3 Å². The van der Waals surface area contributed by atoms with Crippen LogP contribution in [-0.4, -0.2) is 18.4 Å². The van der Waals surface area contributed by atoms with E-state index in [4.69, 9.17) is 0 Å². The molecule has 0 bridgehead atoms. The van der Waals surface area contributed by atoms with E-state index in [2.05, 4.69) is 24.5 Å². The Bertz CT molecular complexity index is 424. The van der Waals surface area contributed by atoms with Crippen LogP contribution in [0.5, 0.6) is 0 Å². The topological polar surface area (TPSA) is 58.2 Å². The summed E-state index contributed by atoms with van der Waals surface area (Å²) >= 11 is 0. The molecule has 0 saturated heterocycles. The van der Waals surface area contributed by atoms with E-state index in [0.717, 1.165) is 12.0 Å². The minimum Gasteiger partial charge on any atom is -0.356 e. The zero-order valence-electron chi connectivity index (χ0n) is 11.8. The fourth-order valence-electron chi connectivity index (χ4n) is 1.55. The van der Waals surface area contributed by atoms with Crippen molar-refractivity contribution in [2.45, 2.75) is 33.6 Å². The van der Waals surface area contributed by atoms with Crippen LogP contribution >= 0.6 is 0 Å². The Balaban J connectivity index is 2.30. The summed E-state index contributed by atoms with van der Waals surface area (Å²) in [6, 6.07) is 7.48. The second kappa shape index (κ2) is 7.56. The summed E-state index contributed by atoms with van der Waals surface area (Å²) < 4.78 is 0. The normalized spacial score (nSPS) is 10.3. The lowest BCUT2D eigenvalue weighted by Crippen LogP contribution is -2.29. The summed E-state index contributed by atoms with van der Waals surface area (Å²) in [5.41, 5.74) is 1.84. The Labute approximate surface area is 114 Å². The minimum absolute atomic E-state index is 0.133. The van der Waals surface area contributed by atoms with Gasteiger partial charge in [0.25, 0.3) is 0 Å². The number of nitrogens with one attached hydrogen (secondary N) is 2. The van der Waals surface area contributed by atoms with E-state index in [1.54, 1.807) is 0 Å².